The van der Waals surface area contributed by atoms with Gasteiger partial charge in [0.15, 0.2) is 0 Å². The van der Waals surface area contributed by atoms with Gasteiger partial charge < -0.3 is 10.2 Å². The second-order valence-corrected chi connectivity index (χ2v) is 3.95. The molecule has 0 fully saturated rings. The molecule has 1 rings (SSSR count). The first-order valence-electron chi connectivity index (χ1n) is 3.92. The fourth-order valence-electron chi connectivity index (χ4n) is 1.05. The summed E-state index contributed by atoms with van der Waals surface area (Å²) in [7, 11) is 0. The van der Waals surface area contributed by atoms with Gasteiger partial charge in [0, 0.05) is 10.4 Å². The van der Waals surface area contributed by atoms with E-state index in [1.165, 1.54) is 6.07 Å². The summed E-state index contributed by atoms with van der Waals surface area (Å²) in [6, 6.07) is 3.70. The van der Waals surface area contributed by atoms with E-state index in [1.54, 1.807) is 0 Å². The molecule has 0 aliphatic rings. The van der Waals surface area contributed by atoms with E-state index in [9.17, 15) is 14.6 Å². The van der Waals surface area contributed by atoms with Gasteiger partial charge in [0.2, 0.25) is 0 Å². The van der Waals surface area contributed by atoms with Crippen molar-refractivity contribution in [3.8, 4) is 0 Å². The third-order valence-corrected chi connectivity index (χ3v) is 2.63. The van der Waals surface area contributed by atoms with Crippen LogP contribution < -0.4 is 0 Å². The summed E-state index contributed by atoms with van der Waals surface area (Å²) in [5, 5.41) is 19.2. The monoisotopic (exact) mass is 282 g/mol. The maximum atomic E-state index is 12.9. The Balaban J connectivity index is 2.94. The molecule has 0 saturated carbocycles. The second-order valence-electron chi connectivity index (χ2n) is 2.87. The van der Waals surface area contributed by atoms with Gasteiger partial charge in [-0.25, -0.2) is 4.39 Å². The Morgan fingerprint density at radius 1 is 1.36 bits per heavy atom. The quantitative estimate of drug-likeness (QED) is 0.836. The lowest BCUT2D eigenvalue weighted by Crippen LogP contribution is -2.19. The van der Waals surface area contributed by atoms with Crippen molar-refractivity contribution in [3.05, 3.63) is 34.6 Å². The van der Waals surface area contributed by atoms with Gasteiger partial charge in [0.25, 0.3) is 0 Å². The van der Waals surface area contributed by atoms with E-state index in [0.29, 0.717) is 0 Å². The predicted octanol–water partition coefficient (Wildman–Crippen LogP) is 2.27. The summed E-state index contributed by atoms with van der Waals surface area (Å²) in [5.74, 6) is -0.534. The van der Waals surface area contributed by atoms with Crippen LogP contribution in [0.15, 0.2) is 18.2 Å². The number of aliphatic hydroxyl groups excluding tert-OH is 2. The third kappa shape index (κ3) is 2.92. The Labute approximate surface area is 94.5 Å². The van der Waals surface area contributed by atoms with Gasteiger partial charge in [0.1, 0.15) is 11.9 Å². The van der Waals surface area contributed by atoms with Crippen molar-refractivity contribution in [3.63, 3.8) is 0 Å². The topological polar surface area (TPSA) is 40.5 Å². The van der Waals surface area contributed by atoms with Gasteiger partial charge in [-0.1, -0.05) is 27.5 Å². The average molecular weight is 284 g/mol. The molecule has 0 saturated heterocycles. The molecule has 1 aromatic rings. The van der Waals surface area contributed by atoms with Crippen LogP contribution in [-0.4, -0.2) is 21.6 Å². The number of hydrogen-bond donors (Lipinski definition) is 2. The molecule has 78 valence electrons. The van der Waals surface area contributed by atoms with Crippen LogP contribution in [0, 0.1) is 5.82 Å². The zero-order valence-corrected chi connectivity index (χ0v) is 9.46. The molecule has 2 N–H and O–H groups in total. The number of benzene rings is 1. The highest BCUT2D eigenvalue weighted by Crippen LogP contribution is 2.22. The van der Waals surface area contributed by atoms with Crippen molar-refractivity contribution >= 4 is 27.5 Å². The van der Waals surface area contributed by atoms with Gasteiger partial charge in [-0.15, -0.1) is 0 Å². The number of hydrogen-bond acceptors (Lipinski definition) is 2. The van der Waals surface area contributed by atoms with Crippen LogP contribution in [0.4, 0.5) is 4.39 Å². The third-order valence-electron chi connectivity index (χ3n) is 1.75. The molecule has 0 spiro atoms. The van der Waals surface area contributed by atoms with Gasteiger partial charge in [-0.05, 0) is 23.8 Å². The molecular formula is C9H9BrClFO2. The lowest BCUT2D eigenvalue weighted by atomic mass is 10.1. The maximum Gasteiger partial charge on any atom is 0.125 e. The molecule has 14 heavy (non-hydrogen) atoms. The minimum Gasteiger partial charge on any atom is -0.389 e. The Kier molecular flexibility index (Phi) is 4.31. The van der Waals surface area contributed by atoms with Gasteiger partial charge >= 0.3 is 0 Å². The Morgan fingerprint density at radius 3 is 2.50 bits per heavy atom. The molecule has 0 aromatic heterocycles. The number of aliphatic hydroxyl groups is 2. The van der Waals surface area contributed by atoms with Crippen LogP contribution in [-0.2, 0) is 0 Å². The number of halogens is 3. The van der Waals surface area contributed by atoms with Crippen LogP contribution in [0.2, 0.25) is 5.02 Å². The largest absolute Gasteiger partial charge is 0.389 e. The van der Waals surface area contributed by atoms with Crippen LogP contribution in [0.5, 0.6) is 0 Å². The summed E-state index contributed by atoms with van der Waals surface area (Å²) in [5.41, 5.74) is 0.266. The first kappa shape index (κ1) is 11.9. The van der Waals surface area contributed by atoms with E-state index in [4.69, 9.17) is 11.6 Å². The lowest BCUT2D eigenvalue weighted by molar-refractivity contribution is 0.0341. The Hall–Kier alpha value is -0.160. The molecule has 2 atom stereocenters. The zero-order chi connectivity index (χ0) is 10.7. The minimum absolute atomic E-state index is 0.195. The molecule has 0 heterocycles. The summed E-state index contributed by atoms with van der Waals surface area (Å²) >= 11 is 8.61. The summed E-state index contributed by atoms with van der Waals surface area (Å²) < 4.78 is 12.9. The molecular weight excluding hydrogens is 274 g/mol. The SMILES string of the molecule is OC(CBr)C(O)c1cc(F)cc(Cl)c1. The van der Waals surface area contributed by atoms with Gasteiger partial charge in [-0.2, -0.15) is 0 Å². The standard InChI is InChI=1S/C9H9BrClFO2/c10-4-8(13)9(14)5-1-6(11)3-7(12)2-5/h1-3,8-9,13-14H,4H2. The van der Waals surface area contributed by atoms with Crippen molar-refractivity contribution in [2.75, 3.05) is 5.33 Å². The van der Waals surface area contributed by atoms with E-state index in [2.05, 4.69) is 15.9 Å². The number of rotatable bonds is 3. The van der Waals surface area contributed by atoms with Crippen molar-refractivity contribution in [2.24, 2.45) is 0 Å². The second kappa shape index (κ2) is 5.07. The van der Waals surface area contributed by atoms with Gasteiger partial charge in [0.05, 0.1) is 6.10 Å². The number of alkyl halides is 1. The van der Waals surface area contributed by atoms with Crippen LogP contribution >= 0.6 is 27.5 Å². The molecule has 0 radical (unpaired) electrons. The van der Waals surface area contributed by atoms with Crippen molar-refractivity contribution < 1.29 is 14.6 Å². The van der Waals surface area contributed by atoms with Gasteiger partial charge in [-0.3, -0.25) is 0 Å². The average Bonchev–Trinajstić information content (AvgIpc) is 2.14. The Bertz CT molecular complexity index is 301. The fourth-order valence-corrected chi connectivity index (χ4v) is 1.64. The Morgan fingerprint density at radius 2 is 2.00 bits per heavy atom. The molecule has 0 amide bonds. The highest BCUT2D eigenvalue weighted by molar-refractivity contribution is 9.09. The van der Waals surface area contributed by atoms with Crippen molar-refractivity contribution in [1.82, 2.24) is 0 Å². The summed E-state index contributed by atoms with van der Waals surface area (Å²) in [6.45, 7) is 0. The first-order valence-corrected chi connectivity index (χ1v) is 5.42. The van der Waals surface area contributed by atoms with E-state index in [1.807, 2.05) is 0 Å². The molecule has 0 aliphatic carbocycles. The first-order chi connectivity index (χ1) is 6.54. The molecule has 0 bridgehead atoms. The molecule has 5 heteroatoms. The van der Waals surface area contributed by atoms with E-state index in [-0.39, 0.29) is 15.9 Å². The molecule has 2 unspecified atom stereocenters. The molecule has 0 aliphatic heterocycles. The fraction of sp³-hybridized carbons (Fsp3) is 0.333. The van der Waals surface area contributed by atoms with Crippen LogP contribution in [0.3, 0.4) is 0 Å². The normalized spacial score (nSPS) is 15.2. The lowest BCUT2D eigenvalue weighted by Gasteiger charge is -2.15. The predicted molar refractivity (Wildman–Crippen MR) is 56.2 cm³/mol. The summed E-state index contributed by atoms with van der Waals surface area (Å²) in [6.07, 6.45) is -2.12. The minimum atomic E-state index is -1.14. The highest BCUT2D eigenvalue weighted by Gasteiger charge is 2.18. The summed E-state index contributed by atoms with van der Waals surface area (Å²) in [4.78, 5) is 0. The van der Waals surface area contributed by atoms with Crippen molar-refractivity contribution in [2.45, 2.75) is 12.2 Å². The zero-order valence-electron chi connectivity index (χ0n) is 7.12. The maximum absolute atomic E-state index is 12.9. The van der Waals surface area contributed by atoms with Crippen LogP contribution in [0.1, 0.15) is 11.7 Å². The smallest absolute Gasteiger partial charge is 0.125 e. The molecule has 2 nitrogen and oxygen atoms in total. The van der Waals surface area contributed by atoms with E-state index >= 15 is 0 Å². The van der Waals surface area contributed by atoms with E-state index < -0.39 is 18.0 Å². The highest BCUT2D eigenvalue weighted by atomic mass is 79.9. The van der Waals surface area contributed by atoms with Crippen LogP contribution in [0.25, 0.3) is 0 Å². The van der Waals surface area contributed by atoms with Crippen molar-refractivity contribution in [1.29, 1.82) is 0 Å². The molecule has 1 aromatic carbocycles. The van der Waals surface area contributed by atoms with E-state index in [0.717, 1.165) is 12.1 Å².